The van der Waals surface area contributed by atoms with Gasteiger partial charge in [0, 0.05) is 19.1 Å². The minimum Gasteiger partial charge on any atom is -0.368 e. The van der Waals surface area contributed by atoms with E-state index in [9.17, 15) is 0 Å². The molecule has 0 radical (unpaired) electrons. The number of rotatable bonds is 3. The largest absolute Gasteiger partial charge is 0.368 e. The Morgan fingerprint density at radius 3 is 2.58 bits per heavy atom. The lowest BCUT2D eigenvalue weighted by Gasteiger charge is -2.23. The molecule has 19 heavy (non-hydrogen) atoms. The van der Waals surface area contributed by atoms with Gasteiger partial charge in [-0.1, -0.05) is 0 Å². The summed E-state index contributed by atoms with van der Waals surface area (Å²) < 4.78 is 0. The quantitative estimate of drug-likeness (QED) is 0.865. The highest BCUT2D eigenvalue weighted by molar-refractivity contribution is 7.99. The summed E-state index contributed by atoms with van der Waals surface area (Å²) in [6.07, 6.45) is 4.73. The average molecular weight is 280 g/mol. The minimum absolute atomic E-state index is 0.310. The molecule has 0 aliphatic carbocycles. The zero-order valence-electron chi connectivity index (χ0n) is 11.0. The molecular formula is C12H20N6S. The topological polar surface area (TPSA) is 80.0 Å². The van der Waals surface area contributed by atoms with Gasteiger partial charge >= 0.3 is 0 Å². The Bertz CT molecular complexity index is 428. The van der Waals surface area contributed by atoms with E-state index in [4.69, 9.17) is 5.73 Å². The SMILES string of the molecule is Nc1nc(NC2CCSCC2)nc(N2CCCC2)n1. The van der Waals surface area contributed by atoms with Gasteiger partial charge in [-0.15, -0.1) is 0 Å². The Morgan fingerprint density at radius 2 is 1.84 bits per heavy atom. The van der Waals surface area contributed by atoms with Gasteiger partial charge in [0.2, 0.25) is 17.8 Å². The fraction of sp³-hybridized carbons (Fsp3) is 0.750. The Kier molecular flexibility index (Phi) is 3.91. The van der Waals surface area contributed by atoms with Crippen molar-refractivity contribution in [2.75, 3.05) is 40.5 Å². The van der Waals surface area contributed by atoms with Crippen LogP contribution in [0.1, 0.15) is 25.7 Å². The summed E-state index contributed by atoms with van der Waals surface area (Å²) in [7, 11) is 0. The molecule has 104 valence electrons. The molecule has 1 aromatic heterocycles. The van der Waals surface area contributed by atoms with Gasteiger partial charge in [0.15, 0.2) is 0 Å². The fourth-order valence-electron chi connectivity index (χ4n) is 2.53. The minimum atomic E-state index is 0.310. The summed E-state index contributed by atoms with van der Waals surface area (Å²) in [5, 5.41) is 3.40. The van der Waals surface area contributed by atoms with E-state index in [0.717, 1.165) is 31.9 Å². The van der Waals surface area contributed by atoms with Crippen LogP contribution in [0, 0.1) is 0 Å². The van der Waals surface area contributed by atoms with Gasteiger partial charge in [-0.3, -0.25) is 0 Å². The molecule has 6 nitrogen and oxygen atoms in total. The summed E-state index contributed by atoms with van der Waals surface area (Å²) in [5.74, 6) is 4.07. The second-order valence-corrected chi connectivity index (χ2v) is 6.27. The molecule has 7 heteroatoms. The van der Waals surface area contributed by atoms with E-state index in [0.29, 0.717) is 17.9 Å². The summed E-state index contributed by atoms with van der Waals surface area (Å²) in [4.78, 5) is 15.2. The maximum absolute atomic E-state index is 5.80. The van der Waals surface area contributed by atoms with Crippen molar-refractivity contribution in [2.24, 2.45) is 0 Å². The van der Waals surface area contributed by atoms with E-state index >= 15 is 0 Å². The third-order valence-electron chi connectivity index (χ3n) is 3.58. The monoisotopic (exact) mass is 280 g/mol. The number of hydrogen-bond donors (Lipinski definition) is 2. The zero-order chi connectivity index (χ0) is 13.1. The van der Waals surface area contributed by atoms with E-state index in [1.54, 1.807) is 0 Å². The first-order valence-corrected chi connectivity index (χ1v) is 8.07. The predicted octanol–water partition coefficient (Wildman–Crippen LogP) is 1.36. The molecule has 0 saturated carbocycles. The molecule has 2 fully saturated rings. The third kappa shape index (κ3) is 3.20. The average Bonchev–Trinajstić information content (AvgIpc) is 2.93. The van der Waals surface area contributed by atoms with Crippen molar-refractivity contribution < 1.29 is 0 Å². The van der Waals surface area contributed by atoms with Gasteiger partial charge < -0.3 is 16.0 Å². The Balaban J connectivity index is 1.73. The first kappa shape index (κ1) is 12.8. The van der Waals surface area contributed by atoms with E-state index in [1.807, 2.05) is 11.8 Å². The third-order valence-corrected chi connectivity index (χ3v) is 4.63. The molecule has 1 aromatic rings. The number of nitrogen functional groups attached to an aromatic ring is 1. The molecule has 2 saturated heterocycles. The lowest BCUT2D eigenvalue weighted by atomic mass is 10.2. The number of hydrogen-bond acceptors (Lipinski definition) is 7. The highest BCUT2D eigenvalue weighted by Gasteiger charge is 2.19. The lowest BCUT2D eigenvalue weighted by Crippen LogP contribution is -2.27. The van der Waals surface area contributed by atoms with Crippen LogP contribution in [0.15, 0.2) is 0 Å². The maximum Gasteiger partial charge on any atom is 0.231 e. The lowest BCUT2D eigenvalue weighted by molar-refractivity contribution is 0.659. The molecule has 0 unspecified atom stereocenters. The van der Waals surface area contributed by atoms with Gasteiger partial charge in [-0.2, -0.15) is 26.7 Å². The van der Waals surface area contributed by atoms with Crippen molar-refractivity contribution in [3.05, 3.63) is 0 Å². The van der Waals surface area contributed by atoms with E-state index in [2.05, 4.69) is 25.2 Å². The van der Waals surface area contributed by atoms with Crippen molar-refractivity contribution >= 4 is 29.6 Å². The molecule has 3 rings (SSSR count). The zero-order valence-corrected chi connectivity index (χ0v) is 11.8. The van der Waals surface area contributed by atoms with E-state index in [1.165, 1.54) is 24.3 Å². The van der Waals surface area contributed by atoms with Crippen LogP contribution in [0.4, 0.5) is 17.8 Å². The van der Waals surface area contributed by atoms with Crippen LogP contribution in [0.3, 0.4) is 0 Å². The van der Waals surface area contributed by atoms with Crippen LogP contribution in [-0.4, -0.2) is 45.6 Å². The van der Waals surface area contributed by atoms with Crippen LogP contribution in [0.25, 0.3) is 0 Å². The molecule has 0 aromatic carbocycles. The van der Waals surface area contributed by atoms with Gasteiger partial charge in [-0.25, -0.2) is 0 Å². The summed E-state index contributed by atoms with van der Waals surface area (Å²) in [6, 6.07) is 0.467. The molecular weight excluding hydrogens is 260 g/mol. The van der Waals surface area contributed by atoms with Gasteiger partial charge in [0.05, 0.1) is 0 Å². The van der Waals surface area contributed by atoms with Gasteiger partial charge in [-0.05, 0) is 37.2 Å². The standard InChI is InChI=1S/C12H20N6S/c13-10-15-11(14-9-3-7-19-8-4-9)17-12(16-10)18-5-1-2-6-18/h9H,1-8H2,(H3,13,14,15,16,17). The van der Waals surface area contributed by atoms with Crippen LogP contribution in [-0.2, 0) is 0 Å². The molecule has 2 aliphatic rings. The Labute approximate surface area is 117 Å². The first-order valence-electron chi connectivity index (χ1n) is 6.92. The van der Waals surface area contributed by atoms with Crippen LogP contribution >= 0.6 is 11.8 Å². The Hall–Kier alpha value is -1.24. The smallest absolute Gasteiger partial charge is 0.231 e. The first-order chi connectivity index (χ1) is 9.31. The summed E-state index contributed by atoms with van der Waals surface area (Å²) in [6.45, 7) is 2.03. The summed E-state index contributed by atoms with van der Waals surface area (Å²) in [5.41, 5.74) is 5.80. The van der Waals surface area contributed by atoms with Crippen molar-refractivity contribution in [1.82, 2.24) is 15.0 Å². The van der Waals surface area contributed by atoms with Crippen LogP contribution < -0.4 is 16.0 Å². The van der Waals surface area contributed by atoms with Crippen LogP contribution in [0.2, 0.25) is 0 Å². The summed E-state index contributed by atoms with van der Waals surface area (Å²) >= 11 is 2.01. The Morgan fingerprint density at radius 1 is 1.11 bits per heavy atom. The van der Waals surface area contributed by atoms with Crippen LogP contribution in [0.5, 0.6) is 0 Å². The number of nitrogens with one attached hydrogen (secondary N) is 1. The van der Waals surface area contributed by atoms with Gasteiger partial charge in [0.25, 0.3) is 0 Å². The van der Waals surface area contributed by atoms with E-state index < -0.39 is 0 Å². The maximum atomic E-state index is 5.80. The highest BCUT2D eigenvalue weighted by Crippen LogP contribution is 2.21. The number of thioether (sulfide) groups is 1. The molecule has 0 atom stereocenters. The number of nitrogens with two attached hydrogens (primary N) is 1. The van der Waals surface area contributed by atoms with E-state index in [-0.39, 0.29) is 0 Å². The predicted molar refractivity (Wildman–Crippen MR) is 79.7 cm³/mol. The van der Waals surface area contributed by atoms with Crippen molar-refractivity contribution in [3.63, 3.8) is 0 Å². The number of anilines is 3. The van der Waals surface area contributed by atoms with Crippen molar-refractivity contribution in [2.45, 2.75) is 31.7 Å². The van der Waals surface area contributed by atoms with Crippen molar-refractivity contribution in [1.29, 1.82) is 0 Å². The number of aromatic nitrogens is 3. The van der Waals surface area contributed by atoms with Gasteiger partial charge in [0.1, 0.15) is 0 Å². The molecule has 2 aliphatic heterocycles. The van der Waals surface area contributed by atoms with Crippen molar-refractivity contribution in [3.8, 4) is 0 Å². The molecule has 0 bridgehead atoms. The second-order valence-electron chi connectivity index (χ2n) is 5.04. The molecule has 0 amide bonds. The molecule has 3 N–H and O–H groups in total. The molecule has 0 spiro atoms. The second kappa shape index (κ2) is 5.81. The normalized spacial score (nSPS) is 20.7. The highest BCUT2D eigenvalue weighted by atomic mass is 32.2. The molecule has 3 heterocycles. The number of nitrogens with zero attached hydrogens (tertiary/aromatic N) is 4. The fourth-order valence-corrected chi connectivity index (χ4v) is 3.63.